The number of hydrogen-bond acceptors (Lipinski definition) is 5. The van der Waals surface area contributed by atoms with Gasteiger partial charge in [-0.3, -0.25) is 9.69 Å². The second-order valence-corrected chi connectivity index (χ2v) is 7.17. The van der Waals surface area contributed by atoms with Gasteiger partial charge < -0.3 is 15.2 Å². The van der Waals surface area contributed by atoms with Gasteiger partial charge in [0.15, 0.2) is 0 Å². The molecule has 2 atom stereocenters. The quantitative estimate of drug-likeness (QED) is 0.630. The van der Waals surface area contributed by atoms with Crippen LogP contribution in [-0.4, -0.2) is 34.8 Å². The van der Waals surface area contributed by atoms with Crippen molar-refractivity contribution in [2.75, 3.05) is 0 Å². The molecule has 6 nitrogen and oxygen atoms in total. The second kappa shape index (κ2) is 8.85. The Kier molecular flexibility index (Phi) is 7.42. The van der Waals surface area contributed by atoms with Gasteiger partial charge in [-0.2, -0.15) is 0 Å². The maximum atomic E-state index is 12.4. The van der Waals surface area contributed by atoms with Crippen molar-refractivity contribution < 1.29 is 19.1 Å². The molecule has 0 bridgehead atoms. The Labute approximate surface area is 150 Å². The number of benzene rings is 1. The highest BCUT2D eigenvalue weighted by molar-refractivity contribution is 5.76. The summed E-state index contributed by atoms with van der Waals surface area (Å²) in [6.07, 6.45) is -1.53. The van der Waals surface area contributed by atoms with Gasteiger partial charge in [0.2, 0.25) is 0 Å². The first-order chi connectivity index (χ1) is 11.5. The first-order valence-electron chi connectivity index (χ1n) is 8.33. The molecule has 0 saturated heterocycles. The van der Waals surface area contributed by atoms with Crippen LogP contribution in [0.4, 0.5) is 4.79 Å². The maximum Gasteiger partial charge on any atom is 0.411 e. The zero-order valence-electron chi connectivity index (χ0n) is 15.7. The molecule has 0 fully saturated rings. The molecule has 1 amide bonds. The molecule has 0 aliphatic heterocycles. The smallest absolute Gasteiger partial charge is 0.411 e. The van der Waals surface area contributed by atoms with Crippen molar-refractivity contribution >= 4 is 12.1 Å². The molecule has 25 heavy (non-hydrogen) atoms. The van der Waals surface area contributed by atoms with E-state index in [1.807, 2.05) is 30.3 Å². The van der Waals surface area contributed by atoms with Crippen LogP contribution in [0.5, 0.6) is 0 Å². The number of amides is 1. The van der Waals surface area contributed by atoms with Gasteiger partial charge in [0.25, 0.3) is 0 Å². The topological polar surface area (TPSA) is 81.9 Å². The lowest BCUT2D eigenvalue weighted by atomic mass is 10.1. The molecule has 1 radical (unpaired) electrons. The van der Waals surface area contributed by atoms with Gasteiger partial charge >= 0.3 is 12.1 Å². The Morgan fingerprint density at radius 1 is 1.20 bits per heavy atom. The summed E-state index contributed by atoms with van der Waals surface area (Å²) in [7, 11) is 0. The number of rotatable bonds is 6. The summed E-state index contributed by atoms with van der Waals surface area (Å²) in [5.41, 5.74) is 6.32. The van der Waals surface area contributed by atoms with Crippen LogP contribution < -0.4 is 5.73 Å². The third-order valence-electron chi connectivity index (χ3n) is 3.42. The summed E-state index contributed by atoms with van der Waals surface area (Å²) < 4.78 is 10.6. The Hall–Kier alpha value is -2.08. The first kappa shape index (κ1) is 21.0. The molecule has 1 aromatic carbocycles. The highest BCUT2D eigenvalue weighted by Gasteiger charge is 2.34. The van der Waals surface area contributed by atoms with E-state index in [1.54, 1.807) is 34.6 Å². The van der Waals surface area contributed by atoms with Crippen LogP contribution >= 0.6 is 0 Å². The largest absolute Gasteiger partial charge is 0.461 e. The Morgan fingerprint density at radius 2 is 1.76 bits per heavy atom. The van der Waals surface area contributed by atoms with E-state index < -0.39 is 29.7 Å². The van der Waals surface area contributed by atoms with E-state index in [9.17, 15) is 9.59 Å². The fraction of sp³-hybridized carbons (Fsp3) is 0.526. The van der Waals surface area contributed by atoms with E-state index in [2.05, 4.69) is 6.92 Å². The molecule has 0 spiro atoms. The van der Waals surface area contributed by atoms with Crippen LogP contribution in [0.2, 0.25) is 0 Å². The number of carbonyl (C=O) groups is 2. The monoisotopic (exact) mass is 349 g/mol. The number of nitrogens with zero attached hydrogens (tertiary/aromatic N) is 1. The highest BCUT2D eigenvalue weighted by Crippen LogP contribution is 2.17. The first-order valence-corrected chi connectivity index (χ1v) is 8.33. The summed E-state index contributed by atoms with van der Waals surface area (Å²) in [5, 5.41) is 0. The Morgan fingerprint density at radius 3 is 2.24 bits per heavy atom. The van der Waals surface area contributed by atoms with Gasteiger partial charge in [-0.15, -0.1) is 0 Å². The van der Waals surface area contributed by atoms with Gasteiger partial charge in [0.1, 0.15) is 12.2 Å². The van der Waals surface area contributed by atoms with Crippen molar-refractivity contribution in [3.05, 3.63) is 42.8 Å². The zero-order valence-corrected chi connectivity index (χ0v) is 15.7. The van der Waals surface area contributed by atoms with Gasteiger partial charge in [0, 0.05) is 6.04 Å². The molecule has 0 aliphatic rings. The van der Waals surface area contributed by atoms with Crippen LogP contribution in [0.1, 0.15) is 40.2 Å². The fourth-order valence-electron chi connectivity index (χ4n) is 2.16. The molecule has 0 aliphatic carbocycles. The predicted octanol–water partition coefficient (Wildman–Crippen LogP) is 3.11. The van der Waals surface area contributed by atoms with E-state index in [-0.39, 0.29) is 12.6 Å². The number of esters is 1. The molecular weight excluding hydrogens is 320 g/mol. The molecule has 2 N–H and O–H groups in total. The van der Waals surface area contributed by atoms with Crippen LogP contribution in [0, 0.1) is 12.8 Å². The molecule has 6 heteroatoms. The molecule has 0 aromatic heterocycles. The van der Waals surface area contributed by atoms with E-state index in [0.717, 1.165) is 5.56 Å². The Bertz CT molecular complexity index is 567. The maximum absolute atomic E-state index is 12.4. The summed E-state index contributed by atoms with van der Waals surface area (Å²) in [5.74, 6) is -1.50. The van der Waals surface area contributed by atoms with E-state index in [1.165, 1.54) is 4.90 Å². The van der Waals surface area contributed by atoms with Crippen molar-refractivity contribution in [1.82, 2.24) is 4.90 Å². The molecule has 1 aromatic rings. The molecule has 139 valence electrons. The van der Waals surface area contributed by atoms with Crippen LogP contribution in [0.15, 0.2) is 30.3 Å². The number of nitrogens with two attached hydrogens (primary N) is 1. The summed E-state index contributed by atoms with van der Waals surface area (Å²) >= 11 is 0. The predicted molar refractivity (Wildman–Crippen MR) is 96.3 cm³/mol. The minimum atomic E-state index is -0.946. The van der Waals surface area contributed by atoms with Crippen molar-refractivity contribution in [2.45, 2.75) is 59.0 Å². The van der Waals surface area contributed by atoms with Crippen molar-refractivity contribution in [3.63, 3.8) is 0 Å². The minimum absolute atomic E-state index is 0.131. The SMILES string of the molecule is [CH2]C(C(=O)OCc1ccccc1)C(N)N(C(=O)OC(C)(C)C)C(C)C. The Balaban J connectivity index is 2.73. The van der Waals surface area contributed by atoms with E-state index >= 15 is 0 Å². The summed E-state index contributed by atoms with van der Waals surface area (Å²) in [6, 6.07) is 9.06. The highest BCUT2D eigenvalue weighted by atomic mass is 16.6. The molecule has 0 saturated carbocycles. The minimum Gasteiger partial charge on any atom is -0.461 e. The average molecular weight is 349 g/mol. The lowest BCUT2D eigenvalue weighted by molar-refractivity contribution is -0.150. The van der Waals surface area contributed by atoms with Crippen molar-refractivity contribution in [1.29, 1.82) is 0 Å². The van der Waals surface area contributed by atoms with Crippen LogP contribution in [0.25, 0.3) is 0 Å². The third-order valence-corrected chi connectivity index (χ3v) is 3.42. The van der Waals surface area contributed by atoms with Gasteiger partial charge in [-0.05, 0) is 47.1 Å². The zero-order chi connectivity index (χ0) is 19.2. The van der Waals surface area contributed by atoms with Crippen molar-refractivity contribution in [2.24, 2.45) is 11.7 Å². The normalized spacial score (nSPS) is 13.9. The number of ether oxygens (including phenoxy) is 2. The van der Waals surface area contributed by atoms with Crippen LogP contribution in [-0.2, 0) is 20.9 Å². The van der Waals surface area contributed by atoms with E-state index in [4.69, 9.17) is 15.2 Å². The molecular formula is C19H29N2O4. The molecule has 0 heterocycles. The lowest BCUT2D eigenvalue weighted by Crippen LogP contribution is -2.55. The lowest BCUT2D eigenvalue weighted by Gasteiger charge is -2.36. The van der Waals surface area contributed by atoms with Gasteiger partial charge in [-0.1, -0.05) is 30.3 Å². The van der Waals surface area contributed by atoms with Gasteiger partial charge in [0.05, 0.1) is 12.1 Å². The molecule has 2 unspecified atom stereocenters. The fourth-order valence-corrected chi connectivity index (χ4v) is 2.16. The number of hydrogen-bond donors (Lipinski definition) is 1. The summed E-state index contributed by atoms with van der Waals surface area (Å²) in [4.78, 5) is 26.0. The standard InChI is InChI=1S/C19H29N2O4/c1-13(2)21(18(23)25-19(4,5)6)16(20)14(3)17(22)24-12-15-10-8-7-9-11-15/h7-11,13-14,16H,3,12,20H2,1-2,4-6H3. The van der Waals surface area contributed by atoms with Gasteiger partial charge in [-0.25, -0.2) is 4.79 Å². The number of carbonyl (C=O) groups excluding carboxylic acids is 2. The molecule has 1 rings (SSSR count). The second-order valence-electron chi connectivity index (χ2n) is 7.17. The average Bonchev–Trinajstić information content (AvgIpc) is 2.50. The third kappa shape index (κ3) is 6.74. The van der Waals surface area contributed by atoms with Crippen molar-refractivity contribution in [3.8, 4) is 0 Å². The summed E-state index contributed by atoms with van der Waals surface area (Å²) in [6.45, 7) is 12.8. The van der Waals surface area contributed by atoms with E-state index in [0.29, 0.717) is 0 Å². The van der Waals surface area contributed by atoms with Crippen LogP contribution in [0.3, 0.4) is 0 Å².